The molecule has 5 saturated heterocycles. The normalized spacial score (nSPS) is 41.8. The first-order chi connectivity index (χ1) is 36.6. The lowest BCUT2D eigenvalue weighted by Gasteiger charge is -2.50. The minimum absolute atomic E-state index is 0.0405. The van der Waals surface area contributed by atoms with Gasteiger partial charge in [-0.2, -0.15) is 0 Å². The molecule has 0 saturated carbocycles. The number of hydrogen-bond acceptors (Lipinski definition) is 22. The van der Waals surface area contributed by atoms with Gasteiger partial charge < -0.3 is 98.0 Å². The Labute approximate surface area is 437 Å². The van der Waals surface area contributed by atoms with Crippen molar-refractivity contribution in [2.45, 2.75) is 170 Å². The van der Waals surface area contributed by atoms with Crippen LogP contribution in [0.1, 0.15) is 38.8 Å². The summed E-state index contributed by atoms with van der Waals surface area (Å²) < 4.78 is 73.8. The zero-order chi connectivity index (χ0) is 54.8. The number of nitrogens with two attached hydrogens (primary N) is 1. The molecule has 5 aliphatic rings. The van der Waals surface area contributed by atoms with Gasteiger partial charge in [-0.25, -0.2) is 4.79 Å². The van der Waals surface area contributed by atoms with E-state index in [1.807, 2.05) is 13.0 Å². The number of benzene rings is 2. The molecule has 2 aromatic rings. The quantitative estimate of drug-likeness (QED) is 0.0377. The molecule has 5 heterocycles. The van der Waals surface area contributed by atoms with Crippen LogP contribution in [0, 0.1) is 23.7 Å². The minimum atomic E-state index is -1.80. The Kier molecular flexibility index (Phi) is 21.3. The second-order valence-electron chi connectivity index (χ2n) is 19.6. The van der Waals surface area contributed by atoms with E-state index in [0.29, 0.717) is 11.8 Å². The van der Waals surface area contributed by atoms with Crippen molar-refractivity contribution in [3.05, 3.63) is 92.7 Å². The number of aliphatic carboxylic acids is 1. The molecule has 7 rings (SSSR count). The monoisotopic (exact) mass is 1080 g/mol. The van der Waals surface area contributed by atoms with Crippen molar-refractivity contribution in [3.8, 4) is 0 Å². The lowest BCUT2D eigenvalue weighted by atomic mass is 9.82. The molecule has 5 fully saturated rings. The number of aliphatic hydroxyl groups excluding tert-OH is 5. The van der Waals surface area contributed by atoms with Crippen LogP contribution in [0.3, 0.4) is 0 Å². The van der Waals surface area contributed by atoms with Crippen molar-refractivity contribution in [1.82, 2.24) is 0 Å². The average Bonchev–Trinajstić information content (AvgIpc) is 3.43. The highest BCUT2D eigenvalue weighted by atomic mass is 16.8. The zero-order valence-corrected chi connectivity index (χ0v) is 42.5. The van der Waals surface area contributed by atoms with E-state index >= 15 is 0 Å². The largest absolute Gasteiger partial charge is 0.479 e. The van der Waals surface area contributed by atoms with Crippen molar-refractivity contribution in [1.29, 1.82) is 0 Å². The molecule has 0 bridgehead atoms. The summed E-state index contributed by atoms with van der Waals surface area (Å²) in [6.45, 7) is 4.90. The van der Waals surface area contributed by atoms with E-state index in [1.54, 1.807) is 75.4 Å². The second-order valence-corrected chi connectivity index (χ2v) is 19.6. The molecule has 10 unspecified atom stereocenters. The van der Waals surface area contributed by atoms with Gasteiger partial charge in [0.2, 0.25) is 0 Å². The fourth-order valence-corrected chi connectivity index (χ4v) is 10.4. The first-order valence-corrected chi connectivity index (χ1v) is 25.1. The number of ether oxygens (including phenoxy) is 12. The molecule has 27 heteroatoms. The maximum Gasteiger partial charge on any atom is 0.335 e. The van der Waals surface area contributed by atoms with Gasteiger partial charge >= 0.3 is 5.97 Å². The van der Waals surface area contributed by atoms with Crippen molar-refractivity contribution in [2.24, 2.45) is 39.6 Å². The zero-order valence-electron chi connectivity index (χ0n) is 42.5. The number of azide groups is 2. The third-order valence-corrected chi connectivity index (χ3v) is 15.0. The first-order valence-electron chi connectivity index (χ1n) is 25.1. The number of nitrogens with zero attached hydrogens (tertiary/aromatic N) is 6. The Morgan fingerprint density at radius 3 is 1.67 bits per heavy atom. The number of aldehydes is 1. The number of hydrogen-bond donors (Lipinski definition) is 7. The maximum atomic E-state index is 13.1. The predicted octanol–water partition coefficient (Wildman–Crippen LogP) is 1.18. The highest BCUT2D eigenvalue weighted by molar-refractivity contribution is 5.73. The number of carbonyl (C=O) groups excluding carboxylic acids is 1. The lowest BCUT2D eigenvalue weighted by Crippen LogP contribution is -2.68. The summed E-state index contributed by atoms with van der Waals surface area (Å²) >= 11 is 0. The molecular weight excluding hydrogens is 1010 g/mol. The number of carbonyl (C=O) groups is 2. The smallest absolute Gasteiger partial charge is 0.335 e. The van der Waals surface area contributed by atoms with E-state index in [0.717, 1.165) is 5.56 Å². The first kappa shape index (κ1) is 59.1. The van der Waals surface area contributed by atoms with Gasteiger partial charge in [0.05, 0.1) is 63.4 Å². The van der Waals surface area contributed by atoms with Crippen LogP contribution in [0.2, 0.25) is 0 Å². The molecule has 0 aromatic heterocycles. The van der Waals surface area contributed by atoms with Crippen LogP contribution in [0.15, 0.2) is 70.9 Å². The fourth-order valence-electron chi connectivity index (χ4n) is 10.4. The summed E-state index contributed by atoms with van der Waals surface area (Å²) in [6.07, 6.45) is -25.4. The summed E-state index contributed by atoms with van der Waals surface area (Å²) in [6, 6.07) is 14.4. The van der Waals surface area contributed by atoms with E-state index in [9.17, 15) is 51.3 Å². The topological polar surface area (TPSA) is 390 Å². The second kappa shape index (κ2) is 27.4. The average molecular weight is 1080 g/mol. The van der Waals surface area contributed by atoms with Crippen LogP contribution in [0.4, 0.5) is 0 Å². The highest BCUT2D eigenvalue weighted by Crippen LogP contribution is 2.41. The molecule has 0 radical (unpaired) electrons. The summed E-state index contributed by atoms with van der Waals surface area (Å²) in [5.41, 5.74) is 26.8. The molecule has 2 aromatic carbocycles. The van der Waals surface area contributed by atoms with Crippen molar-refractivity contribution in [2.75, 3.05) is 26.9 Å². The number of carboxylic acid groups (broad SMARTS) is 1. The van der Waals surface area contributed by atoms with Gasteiger partial charge in [-0.05, 0) is 39.9 Å². The molecule has 76 heavy (non-hydrogen) atoms. The molecule has 27 nitrogen and oxygen atoms in total. The summed E-state index contributed by atoms with van der Waals surface area (Å²) in [5, 5.41) is 73.8. The van der Waals surface area contributed by atoms with Crippen LogP contribution in [0.25, 0.3) is 20.9 Å². The number of rotatable bonds is 22. The Bertz CT molecular complexity index is 2260. The Morgan fingerprint density at radius 1 is 0.605 bits per heavy atom. The maximum absolute atomic E-state index is 13.1. The van der Waals surface area contributed by atoms with Crippen LogP contribution in [-0.2, 0) is 79.6 Å². The fraction of sp³-hybridized carbons (Fsp3) is 0.714. The molecule has 0 spiro atoms. The molecule has 0 aliphatic carbocycles. The van der Waals surface area contributed by atoms with Gasteiger partial charge in [0, 0.05) is 22.9 Å². The van der Waals surface area contributed by atoms with E-state index < -0.39 is 167 Å². The molecule has 8 N–H and O–H groups in total. The van der Waals surface area contributed by atoms with Crippen molar-refractivity contribution < 1.29 is 97.1 Å². The third kappa shape index (κ3) is 13.1. The summed E-state index contributed by atoms with van der Waals surface area (Å²) in [5.74, 6) is -3.75. The van der Waals surface area contributed by atoms with Gasteiger partial charge in [0.15, 0.2) is 43.8 Å². The van der Waals surface area contributed by atoms with E-state index in [4.69, 9.17) is 62.6 Å². The predicted molar refractivity (Wildman–Crippen MR) is 257 cm³/mol. The lowest BCUT2D eigenvalue weighted by molar-refractivity contribution is -0.373. The standard InChI is InChI=1S/C49H69N7O20/c1-22-23(2)33(53-55-51)47(68-28(22)16-57)73-38-25(4)39(66-20-26-12-8-6-9-13-26)49(76-43(38)44(63)64)74-40-30(18-59)69-45(32(50)35(40)61)75-41-31(19-60)71-48(36(62)42(41)67-21-27-14-10-7-11-15-27)72-37-24(3)34(54-56-52)46(65-5)70-29(37)17-58/h6-15,19,22-25,28-43,45-49,57-59,61-62H,16-18,20-21,50H2,1-5H3,(H,63,64)/t22-,23-,24+,25-,28?,29?,30?,31?,32?,33?,34?,35+,36?,37-,38-,39?,40+,41-,42-,43?,45-,46-,47+,48-,49+/m0/s1. The van der Waals surface area contributed by atoms with Crippen LogP contribution >= 0.6 is 0 Å². The van der Waals surface area contributed by atoms with Gasteiger partial charge in [-0.15, -0.1) is 0 Å². The van der Waals surface area contributed by atoms with E-state index in [-0.39, 0.29) is 25.0 Å². The van der Waals surface area contributed by atoms with Crippen LogP contribution in [-0.4, -0.2) is 199 Å². The molecule has 25 atom stereocenters. The van der Waals surface area contributed by atoms with Crippen LogP contribution in [0.5, 0.6) is 0 Å². The Morgan fingerprint density at radius 2 is 1.12 bits per heavy atom. The Hall–Kier alpha value is -4.52. The summed E-state index contributed by atoms with van der Waals surface area (Å²) in [7, 11) is 1.34. The SMILES string of the molecule is CO[C@H]1OC(CO)[C@@H](O[C@@H]2OC(C=O)[C@H](O[C@@H]3OC(CO)[C@@H](O[C@@H]4OC(C(=O)O)[C@@H](O[C@H]5OC(CO)[C@@H](C)[C@H](C)C5N=[N+]=[N-])[C@H](C)C4OCc4ccccc4)[C@H](O)C3N)[C@@H](OCc3ccccc3)C2O)[C@H](C)C1N=[N+]=[N-]. The molecule has 5 aliphatic heterocycles. The van der Waals surface area contributed by atoms with E-state index in [1.165, 1.54) is 7.11 Å². The summed E-state index contributed by atoms with van der Waals surface area (Å²) in [4.78, 5) is 32.0. The number of carboxylic acids is 1. The van der Waals surface area contributed by atoms with Crippen LogP contribution < -0.4 is 5.73 Å². The molecule has 420 valence electrons. The Balaban J connectivity index is 1.13. The van der Waals surface area contributed by atoms with Gasteiger partial charge in [-0.1, -0.05) is 98.6 Å². The van der Waals surface area contributed by atoms with E-state index in [2.05, 4.69) is 20.1 Å². The highest BCUT2D eigenvalue weighted by Gasteiger charge is 2.57. The van der Waals surface area contributed by atoms with Gasteiger partial charge in [-0.3, -0.25) is 0 Å². The van der Waals surface area contributed by atoms with Gasteiger partial charge in [0.25, 0.3) is 0 Å². The number of aliphatic hydroxyl groups is 5. The van der Waals surface area contributed by atoms with Gasteiger partial charge in [0.1, 0.15) is 61.0 Å². The molecule has 0 amide bonds. The van der Waals surface area contributed by atoms with Crippen molar-refractivity contribution >= 4 is 12.3 Å². The molecular formula is C49H69N7O20. The minimum Gasteiger partial charge on any atom is -0.479 e. The third-order valence-electron chi connectivity index (χ3n) is 15.0. The van der Waals surface area contributed by atoms with Crippen molar-refractivity contribution in [3.63, 3.8) is 0 Å². The number of methoxy groups -OCH3 is 1.